The van der Waals surface area contributed by atoms with Crippen LogP contribution >= 0.6 is 0 Å². The summed E-state index contributed by atoms with van der Waals surface area (Å²) in [5, 5.41) is 0. The smallest absolute Gasteiger partial charge is 0.0703 e. The molecule has 1 saturated carbocycles. The van der Waals surface area contributed by atoms with Gasteiger partial charge in [-0.3, -0.25) is 4.90 Å². The van der Waals surface area contributed by atoms with Crippen LogP contribution < -0.4 is 5.73 Å². The number of hydrogen-bond acceptors (Lipinski definition) is 3. The minimum absolute atomic E-state index is 0.203. The molecule has 20 heavy (non-hydrogen) atoms. The summed E-state index contributed by atoms with van der Waals surface area (Å²) in [7, 11) is 2.28. The zero-order chi connectivity index (χ0) is 15.0. The number of likely N-dealkylation sites (N-methyl/N-ethyl adjacent to an activating group) is 1. The molecular formula is C17H34N2O. The first-order valence-electron chi connectivity index (χ1n) is 8.35. The summed E-state index contributed by atoms with van der Waals surface area (Å²) in [5.41, 5.74) is 6.86. The van der Waals surface area contributed by atoms with Crippen LogP contribution in [0, 0.1) is 11.3 Å². The predicted octanol–water partition coefficient (Wildman–Crippen LogP) is 3.03. The van der Waals surface area contributed by atoms with E-state index in [4.69, 9.17) is 10.5 Å². The van der Waals surface area contributed by atoms with Crippen LogP contribution in [0.25, 0.3) is 0 Å². The Hall–Kier alpha value is -0.120. The van der Waals surface area contributed by atoms with Gasteiger partial charge in [-0.25, -0.2) is 0 Å². The van der Waals surface area contributed by atoms with E-state index in [1.54, 1.807) is 0 Å². The lowest BCUT2D eigenvalue weighted by atomic mass is 9.66. The lowest BCUT2D eigenvalue weighted by molar-refractivity contribution is -0.0104. The second kappa shape index (κ2) is 5.94. The average Bonchev–Trinajstić information content (AvgIpc) is 2.83. The number of nitrogens with zero attached hydrogens (tertiary/aromatic N) is 1. The van der Waals surface area contributed by atoms with Crippen LogP contribution in [0.1, 0.15) is 59.8 Å². The fraction of sp³-hybridized carbons (Fsp3) is 1.00. The molecule has 2 aliphatic rings. The second-order valence-electron chi connectivity index (χ2n) is 8.11. The van der Waals surface area contributed by atoms with Gasteiger partial charge < -0.3 is 10.5 Å². The van der Waals surface area contributed by atoms with E-state index >= 15 is 0 Å². The fourth-order valence-electron chi connectivity index (χ4n) is 4.30. The maximum Gasteiger partial charge on any atom is 0.0703 e. The van der Waals surface area contributed by atoms with E-state index in [0.717, 1.165) is 25.5 Å². The molecule has 2 atom stereocenters. The van der Waals surface area contributed by atoms with Crippen molar-refractivity contribution in [2.75, 3.05) is 20.2 Å². The fourth-order valence-corrected chi connectivity index (χ4v) is 4.30. The maximum absolute atomic E-state index is 6.22. The van der Waals surface area contributed by atoms with Crippen molar-refractivity contribution in [1.82, 2.24) is 4.90 Å². The number of nitrogens with two attached hydrogens (primary N) is 1. The molecule has 3 heteroatoms. The summed E-state index contributed by atoms with van der Waals surface area (Å²) in [6, 6.07) is 0.546. The standard InChI is InChI=1S/C17H34N2O/c1-13-15(8-11-20-13)19(5)17(12-18)9-6-14(7-10-17)16(2,3)4/h13-15H,6-12,18H2,1-5H3. The van der Waals surface area contributed by atoms with Gasteiger partial charge in [0.25, 0.3) is 0 Å². The zero-order valence-corrected chi connectivity index (χ0v) is 14.1. The van der Waals surface area contributed by atoms with E-state index in [0.29, 0.717) is 17.6 Å². The van der Waals surface area contributed by atoms with Crippen molar-refractivity contribution < 1.29 is 4.74 Å². The van der Waals surface area contributed by atoms with E-state index < -0.39 is 0 Å². The molecule has 2 rings (SSSR count). The Balaban J connectivity index is 2.04. The Morgan fingerprint density at radius 3 is 2.20 bits per heavy atom. The van der Waals surface area contributed by atoms with Crippen LogP contribution in [0.2, 0.25) is 0 Å². The molecule has 0 aromatic rings. The molecule has 0 aromatic heterocycles. The first-order valence-corrected chi connectivity index (χ1v) is 8.35. The molecule has 0 amide bonds. The first-order chi connectivity index (χ1) is 9.30. The Kier molecular flexibility index (Phi) is 4.83. The Morgan fingerprint density at radius 2 is 1.80 bits per heavy atom. The van der Waals surface area contributed by atoms with E-state index in [1.165, 1.54) is 25.7 Å². The highest BCUT2D eigenvalue weighted by Gasteiger charge is 2.44. The lowest BCUT2D eigenvalue weighted by Gasteiger charge is -2.50. The molecule has 2 fully saturated rings. The second-order valence-corrected chi connectivity index (χ2v) is 8.11. The van der Waals surface area contributed by atoms with Crippen molar-refractivity contribution in [3.05, 3.63) is 0 Å². The SMILES string of the molecule is CC1OCCC1N(C)C1(CN)CCC(C(C)(C)C)CC1. The topological polar surface area (TPSA) is 38.5 Å². The summed E-state index contributed by atoms with van der Waals surface area (Å²) in [5.74, 6) is 0.841. The number of ether oxygens (including phenoxy) is 1. The van der Waals surface area contributed by atoms with E-state index in [-0.39, 0.29) is 5.54 Å². The van der Waals surface area contributed by atoms with Crippen molar-refractivity contribution >= 4 is 0 Å². The molecule has 1 aliphatic heterocycles. The molecule has 3 nitrogen and oxygen atoms in total. The Labute approximate surface area is 125 Å². The summed E-state index contributed by atoms with van der Waals surface area (Å²) < 4.78 is 5.76. The van der Waals surface area contributed by atoms with Crippen molar-refractivity contribution in [3.8, 4) is 0 Å². The third kappa shape index (κ3) is 3.05. The molecule has 1 heterocycles. The van der Waals surface area contributed by atoms with Crippen LogP contribution in [0.3, 0.4) is 0 Å². The molecule has 0 bridgehead atoms. The number of rotatable bonds is 3. The quantitative estimate of drug-likeness (QED) is 0.864. The maximum atomic E-state index is 6.22. The van der Waals surface area contributed by atoms with Crippen LogP contribution in [0.5, 0.6) is 0 Å². The van der Waals surface area contributed by atoms with Crippen LogP contribution in [-0.4, -0.2) is 42.8 Å². The highest BCUT2D eigenvalue weighted by Crippen LogP contribution is 2.44. The van der Waals surface area contributed by atoms with Gasteiger partial charge in [0.15, 0.2) is 0 Å². The third-order valence-electron chi connectivity index (χ3n) is 6.10. The summed E-state index contributed by atoms with van der Waals surface area (Å²) >= 11 is 0. The Morgan fingerprint density at radius 1 is 1.20 bits per heavy atom. The van der Waals surface area contributed by atoms with Gasteiger partial charge in [0, 0.05) is 24.7 Å². The molecule has 2 unspecified atom stereocenters. The minimum atomic E-state index is 0.203. The zero-order valence-electron chi connectivity index (χ0n) is 14.1. The van der Waals surface area contributed by atoms with E-state index in [1.807, 2.05) is 0 Å². The van der Waals surface area contributed by atoms with Crippen LogP contribution in [0.15, 0.2) is 0 Å². The van der Waals surface area contributed by atoms with Crippen molar-refractivity contribution in [3.63, 3.8) is 0 Å². The summed E-state index contributed by atoms with van der Waals surface area (Å²) in [4.78, 5) is 2.57. The molecule has 1 saturated heterocycles. The third-order valence-corrected chi connectivity index (χ3v) is 6.10. The van der Waals surface area contributed by atoms with Gasteiger partial charge >= 0.3 is 0 Å². The first kappa shape index (κ1) is 16.3. The van der Waals surface area contributed by atoms with Gasteiger partial charge in [-0.2, -0.15) is 0 Å². The van der Waals surface area contributed by atoms with E-state index in [9.17, 15) is 0 Å². The van der Waals surface area contributed by atoms with Crippen molar-refractivity contribution in [1.29, 1.82) is 0 Å². The van der Waals surface area contributed by atoms with Crippen LogP contribution in [-0.2, 0) is 4.74 Å². The summed E-state index contributed by atoms with van der Waals surface area (Å²) in [6.45, 7) is 11.0. The van der Waals surface area contributed by atoms with Crippen molar-refractivity contribution in [2.24, 2.45) is 17.1 Å². The average molecular weight is 282 g/mol. The van der Waals surface area contributed by atoms with Gasteiger partial charge in [0.1, 0.15) is 0 Å². The molecular weight excluding hydrogens is 248 g/mol. The van der Waals surface area contributed by atoms with Gasteiger partial charge in [0.05, 0.1) is 6.10 Å². The molecule has 118 valence electrons. The van der Waals surface area contributed by atoms with Crippen LogP contribution in [0.4, 0.5) is 0 Å². The Bertz CT molecular complexity index is 315. The molecule has 2 N–H and O–H groups in total. The van der Waals surface area contributed by atoms with Crippen molar-refractivity contribution in [2.45, 2.75) is 77.5 Å². The monoisotopic (exact) mass is 282 g/mol. The van der Waals surface area contributed by atoms with E-state index in [2.05, 4.69) is 39.6 Å². The largest absolute Gasteiger partial charge is 0.377 e. The molecule has 1 aliphatic carbocycles. The molecule has 0 radical (unpaired) electrons. The lowest BCUT2D eigenvalue weighted by Crippen LogP contribution is -2.59. The summed E-state index contributed by atoms with van der Waals surface area (Å²) in [6.07, 6.45) is 6.61. The molecule has 0 spiro atoms. The predicted molar refractivity (Wildman–Crippen MR) is 84.8 cm³/mol. The molecule has 0 aromatic carbocycles. The highest BCUT2D eigenvalue weighted by molar-refractivity contribution is 5.00. The van der Waals surface area contributed by atoms with Gasteiger partial charge in [-0.1, -0.05) is 20.8 Å². The van der Waals surface area contributed by atoms with Gasteiger partial charge in [0.2, 0.25) is 0 Å². The minimum Gasteiger partial charge on any atom is -0.377 e. The normalized spacial score (nSPS) is 39.5. The highest BCUT2D eigenvalue weighted by atomic mass is 16.5. The van der Waals surface area contributed by atoms with Gasteiger partial charge in [-0.15, -0.1) is 0 Å². The van der Waals surface area contributed by atoms with Gasteiger partial charge in [-0.05, 0) is 57.4 Å². The number of hydrogen-bond donors (Lipinski definition) is 1.